The number of hydrogen-bond donors (Lipinski definition) is 1. The number of carbonyl (C=O) groups excluding carboxylic acids is 1. The molecule has 0 aliphatic carbocycles. The van der Waals surface area contributed by atoms with Crippen LogP contribution in [-0.2, 0) is 19.9 Å². The van der Waals surface area contributed by atoms with Crippen LogP contribution < -0.4 is 5.32 Å². The molecule has 0 radical (unpaired) electrons. The Morgan fingerprint density at radius 2 is 2.19 bits per heavy atom. The van der Waals surface area contributed by atoms with Gasteiger partial charge < -0.3 is 9.88 Å². The highest BCUT2D eigenvalue weighted by molar-refractivity contribution is 6.29. The Kier molecular flexibility index (Phi) is 5.27. The van der Waals surface area contributed by atoms with Crippen LogP contribution in [0.2, 0.25) is 5.15 Å². The summed E-state index contributed by atoms with van der Waals surface area (Å²) in [6.45, 7) is 2.55. The van der Waals surface area contributed by atoms with Gasteiger partial charge in [0.05, 0.1) is 0 Å². The third-order valence-corrected chi connectivity index (χ3v) is 3.25. The van der Waals surface area contributed by atoms with Gasteiger partial charge in [-0.2, -0.15) is 0 Å². The van der Waals surface area contributed by atoms with E-state index in [9.17, 15) is 4.79 Å². The molecule has 112 valence electrons. The van der Waals surface area contributed by atoms with Gasteiger partial charge in [0.25, 0.3) is 5.91 Å². The van der Waals surface area contributed by atoms with Crippen molar-refractivity contribution in [3.63, 3.8) is 0 Å². The Bertz CT molecular complexity index is 626. The number of nitrogens with one attached hydrogen (secondary N) is 1. The molecule has 21 heavy (non-hydrogen) atoms. The molecular weight excluding hydrogens is 290 g/mol. The van der Waals surface area contributed by atoms with Crippen molar-refractivity contribution in [1.29, 1.82) is 0 Å². The van der Waals surface area contributed by atoms with Crippen LogP contribution >= 0.6 is 11.6 Å². The summed E-state index contributed by atoms with van der Waals surface area (Å²) in [7, 11) is 1.87. The maximum atomic E-state index is 12.1. The van der Waals surface area contributed by atoms with Gasteiger partial charge in [0.2, 0.25) is 0 Å². The van der Waals surface area contributed by atoms with Crippen molar-refractivity contribution in [1.82, 2.24) is 25.1 Å². The quantitative estimate of drug-likeness (QED) is 0.826. The standard InChI is InChI=1S/C14H18ClN5O/c1-3-4-11-7-10(8-12(15)18-11)14(21)16-6-5-13-19-17-9-20(13)2/h7-9H,3-6H2,1-2H3,(H,16,21). The van der Waals surface area contributed by atoms with Gasteiger partial charge in [0.15, 0.2) is 0 Å². The molecule has 2 aromatic heterocycles. The summed E-state index contributed by atoms with van der Waals surface area (Å²) < 4.78 is 1.83. The lowest BCUT2D eigenvalue weighted by atomic mass is 10.1. The van der Waals surface area contributed by atoms with E-state index in [1.807, 2.05) is 11.6 Å². The highest BCUT2D eigenvalue weighted by atomic mass is 35.5. The van der Waals surface area contributed by atoms with Crippen molar-refractivity contribution < 1.29 is 4.79 Å². The predicted molar refractivity (Wildman–Crippen MR) is 80.3 cm³/mol. The molecule has 1 amide bonds. The first kappa shape index (κ1) is 15.4. The molecule has 0 spiro atoms. The number of aromatic nitrogens is 4. The smallest absolute Gasteiger partial charge is 0.251 e. The van der Waals surface area contributed by atoms with E-state index >= 15 is 0 Å². The number of amides is 1. The Balaban J connectivity index is 1.95. The minimum atomic E-state index is -0.154. The van der Waals surface area contributed by atoms with Gasteiger partial charge in [-0.05, 0) is 18.6 Å². The third-order valence-electron chi connectivity index (χ3n) is 3.05. The first-order valence-electron chi connectivity index (χ1n) is 6.87. The van der Waals surface area contributed by atoms with Crippen LogP contribution in [0.5, 0.6) is 0 Å². The first-order chi connectivity index (χ1) is 10.1. The van der Waals surface area contributed by atoms with Crippen LogP contribution in [-0.4, -0.2) is 32.2 Å². The zero-order valence-electron chi connectivity index (χ0n) is 12.1. The molecule has 0 aromatic carbocycles. The zero-order chi connectivity index (χ0) is 15.2. The van der Waals surface area contributed by atoms with Crippen LogP contribution in [0.25, 0.3) is 0 Å². The van der Waals surface area contributed by atoms with Gasteiger partial charge in [-0.3, -0.25) is 4.79 Å². The maximum Gasteiger partial charge on any atom is 0.251 e. The summed E-state index contributed by atoms with van der Waals surface area (Å²) in [6.07, 6.45) is 4.03. The summed E-state index contributed by atoms with van der Waals surface area (Å²) in [4.78, 5) is 16.3. The van der Waals surface area contributed by atoms with E-state index < -0.39 is 0 Å². The molecule has 0 fully saturated rings. The molecule has 0 atom stereocenters. The Hall–Kier alpha value is -1.95. The molecule has 0 saturated heterocycles. The molecule has 0 aliphatic rings. The van der Waals surface area contributed by atoms with Crippen molar-refractivity contribution >= 4 is 17.5 Å². The molecule has 2 rings (SSSR count). The second-order valence-electron chi connectivity index (χ2n) is 4.78. The van der Waals surface area contributed by atoms with Crippen molar-refractivity contribution in [2.75, 3.05) is 6.54 Å². The lowest BCUT2D eigenvalue weighted by molar-refractivity contribution is 0.0953. The molecule has 0 unspecified atom stereocenters. The summed E-state index contributed by atoms with van der Waals surface area (Å²) in [6, 6.07) is 3.37. The topological polar surface area (TPSA) is 72.7 Å². The average Bonchev–Trinajstić information content (AvgIpc) is 2.84. The Morgan fingerprint density at radius 1 is 1.38 bits per heavy atom. The molecule has 7 heteroatoms. The van der Waals surface area contributed by atoms with Gasteiger partial charge in [-0.1, -0.05) is 24.9 Å². The first-order valence-corrected chi connectivity index (χ1v) is 7.25. The number of aryl methyl sites for hydroxylation is 2. The minimum absolute atomic E-state index is 0.154. The number of nitrogens with zero attached hydrogens (tertiary/aromatic N) is 4. The number of halogens is 1. The SMILES string of the molecule is CCCc1cc(C(=O)NCCc2nncn2C)cc(Cl)n1. The van der Waals surface area contributed by atoms with E-state index in [1.165, 1.54) is 0 Å². The van der Waals surface area contributed by atoms with E-state index in [4.69, 9.17) is 11.6 Å². The van der Waals surface area contributed by atoms with Gasteiger partial charge in [0, 0.05) is 31.3 Å². The van der Waals surface area contributed by atoms with E-state index in [0.717, 1.165) is 24.4 Å². The number of carbonyl (C=O) groups is 1. The van der Waals surface area contributed by atoms with Gasteiger partial charge in [-0.25, -0.2) is 4.98 Å². The van der Waals surface area contributed by atoms with Crippen LogP contribution in [0.4, 0.5) is 0 Å². The number of rotatable bonds is 6. The van der Waals surface area contributed by atoms with Gasteiger partial charge >= 0.3 is 0 Å². The summed E-state index contributed by atoms with van der Waals surface area (Å²) in [5.74, 6) is 0.675. The maximum absolute atomic E-state index is 12.1. The van der Waals surface area contributed by atoms with Crippen molar-refractivity contribution in [3.8, 4) is 0 Å². The average molecular weight is 308 g/mol. The van der Waals surface area contributed by atoms with E-state index in [0.29, 0.717) is 23.7 Å². The van der Waals surface area contributed by atoms with E-state index in [2.05, 4.69) is 27.4 Å². The third kappa shape index (κ3) is 4.26. The minimum Gasteiger partial charge on any atom is -0.352 e. The predicted octanol–water partition coefficient (Wildman–Crippen LogP) is 1.79. The molecular formula is C14H18ClN5O. The van der Waals surface area contributed by atoms with E-state index in [1.54, 1.807) is 18.5 Å². The van der Waals surface area contributed by atoms with Crippen LogP contribution in [0.15, 0.2) is 18.5 Å². The molecule has 0 bridgehead atoms. The fourth-order valence-corrected chi connectivity index (χ4v) is 2.22. The van der Waals surface area contributed by atoms with Crippen LogP contribution in [0.3, 0.4) is 0 Å². The molecule has 1 N–H and O–H groups in total. The monoisotopic (exact) mass is 307 g/mol. The van der Waals surface area contributed by atoms with Crippen molar-refractivity contribution in [2.24, 2.45) is 7.05 Å². The largest absolute Gasteiger partial charge is 0.352 e. The Morgan fingerprint density at radius 3 is 2.86 bits per heavy atom. The molecule has 2 heterocycles. The molecule has 0 saturated carbocycles. The fourth-order valence-electron chi connectivity index (χ4n) is 1.99. The fraction of sp³-hybridized carbons (Fsp3) is 0.429. The summed E-state index contributed by atoms with van der Waals surface area (Å²) in [5.41, 5.74) is 1.37. The van der Waals surface area contributed by atoms with Crippen molar-refractivity contribution in [3.05, 3.63) is 40.7 Å². The van der Waals surface area contributed by atoms with Gasteiger partial charge in [0.1, 0.15) is 17.3 Å². The highest BCUT2D eigenvalue weighted by Crippen LogP contribution is 2.12. The Labute approximate surface area is 128 Å². The highest BCUT2D eigenvalue weighted by Gasteiger charge is 2.09. The molecule has 0 aliphatic heterocycles. The number of pyridine rings is 1. The lowest BCUT2D eigenvalue weighted by Crippen LogP contribution is -2.26. The zero-order valence-corrected chi connectivity index (χ0v) is 12.9. The van der Waals surface area contributed by atoms with E-state index in [-0.39, 0.29) is 5.91 Å². The molecule has 2 aromatic rings. The summed E-state index contributed by atoms with van der Waals surface area (Å²) >= 11 is 5.95. The normalized spacial score (nSPS) is 10.6. The molecule has 6 nitrogen and oxygen atoms in total. The lowest BCUT2D eigenvalue weighted by Gasteiger charge is -2.07. The van der Waals surface area contributed by atoms with Gasteiger partial charge in [-0.15, -0.1) is 10.2 Å². The second-order valence-corrected chi connectivity index (χ2v) is 5.17. The second kappa shape index (κ2) is 7.17. The van der Waals surface area contributed by atoms with Crippen LogP contribution in [0, 0.1) is 0 Å². The number of hydrogen-bond acceptors (Lipinski definition) is 4. The van der Waals surface area contributed by atoms with Crippen LogP contribution in [0.1, 0.15) is 35.2 Å². The van der Waals surface area contributed by atoms with Crippen molar-refractivity contribution in [2.45, 2.75) is 26.2 Å². The summed E-state index contributed by atoms with van der Waals surface area (Å²) in [5, 5.41) is 11.0.